The van der Waals surface area contributed by atoms with Crippen molar-refractivity contribution in [3.63, 3.8) is 0 Å². The van der Waals surface area contributed by atoms with Crippen LogP contribution in [0.1, 0.15) is 0 Å². The van der Waals surface area contributed by atoms with Crippen LogP contribution < -0.4 is 0 Å². The molecule has 0 aliphatic rings. The van der Waals surface area contributed by atoms with E-state index in [1.54, 1.807) is 0 Å². The lowest BCUT2D eigenvalue weighted by atomic mass is 10.1. The summed E-state index contributed by atoms with van der Waals surface area (Å²) in [5.74, 6) is 0. The van der Waals surface area contributed by atoms with Crippen LogP contribution in [0, 0.1) is 0 Å². The SMILES string of the molecule is c1ccc2cc3sc(-c4ccc(-c5ccc(-c6cc7cc8ccccc8cc7s6)s5)s4)cc3cc2c1. The summed E-state index contributed by atoms with van der Waals surface area (Å²) < 4.78 is 2.71. The zero-order valence-corrected chi connectivity index (χ0v) is 22.3. The molecule has 0 fully saturated rings. The van der Waals surface area contributed by atoms with E-state index in [0.29, 0.717) is 0 Å². The van der Waals surface area contributed by atoms with Crippen LogP contribution in [0.4, 0.5) is 0 Å². The van der Waals surface area contributed by atoms with Crippen molar-refractivity contribution in [2.24, 2.45) is 0 Å². The monoisotopic (exact) mass is 530 g/mol. The van der Waals surface area contributed by atoms with Gasteiger partial charge in [0.25, 0.3) is 0 Å². The van der Waals surface area contributed by atoms with Gasteiger partial charge in [0, 0.05) is 38.7 Å². The zero-order valence-electron chi connectivity index (χ0n) is 19.0. The molecule has 4 heteroatoms. The Kier molecular flexibility index (Phi) is 4.71. The number of hydrogen-bond acceptors (Lipinski definition) is 4. The van der Waals surface area contributed by atoms with Crippen molar-refractivity contribution in [1.82, 2.24) is 0 Å². The predicted octanol–water partition coefficient (Wildman–Crippen LogP) is 11.5. The molecule has 8 aromatic rings. The highest BCUT2D eigenvalue weighted by Crippen LogP contribution is 2.45. The Balaban J connectivity index is 1.13. The van der Waals surface area contributed by atoms with Crippen molar-refractivity contribution in [3.05, 3.63) is 109 Å². The molecular formula is C32H18S4. The third-order valence-corrected chi connectivity index (χ3v) is 11.7. The molecule has 0 amide bonds. The van der Waals surface area contributed by atoms with Gasteiger partial charge in [-0.25, -0.2) is 0 Å². The van der Waals surface area contributed by atoms with Crippen LogP contribution in [-0.2, 0) is 0 Å². The highest BCUT2D eigenvalue weighted by Gasteiger charge is 2.13. The maximum Gasteiger partial charge on any atom is 0.0455 e. The third-order valence-electron chi connectivity index (χ3n) is 6.71. The molecule has 0 nitrogen and oxygen atoms in total. The molecule has 170 valence electrons. The van der Waals surface area contributed by atoms with Gasteiger partial charge in [0.1, 0.15) is 0 Å². The number of benzene rings is 4. The van der Waals surface area contributed by atoms with Gasteiger partial charge >= 0.3 is 0 Å². The van der Waals surface area contributed by atoms with Crippen LogP contribution in [0.15, 0.2) is 109 Å². The van der Waals surface area contributed by atoms with Gasteiger partial charge in [-0.3, -0.25) is 0 Å². The molecule has 0 aliphatic heterocycles. The number of thiophene rings is 4. The van der Waals surface area contributed by atoms with E-state index in [2.05, 4.69) is 109 Å². The van der Waals surface area contributed by atoms with Crippen molar-refractivity contribution >= 4 is 87.1 Å². The van der Waals surface area contributed by atoms with E-state index < -0.39 is 0 Å². The Bertz CT molecular complexity index is 1810. The summed E-state index contributed by atoms with van der Waals surface area (Å²) in [5, 5.41) is 7.90. The van der Waals surface area contributed by atoms with E-state index in [1.807, 2.05) is 45.3 Å². The summed E-state index contributed by atoms with van der Waals surface area (Å²) in [4.78, 5) is 8.08. The zero-order chi connectivity index (χ0) is 23.6. The minimum absolute atomic E-state index is 1.31. The average molecular weight is 531 g/mol. The van der Waals surface area contributed by atoms with Gasteiger partial charge in [-0.15, -0.1) is 45.3 Å². The molecule has 0 saturated carbocycles. The van der Waals surface area contributed by atoms with Crippen molar-refractivity contribution in [1.29, 1.82) is 0 Å². The highest BCUT2D eigenvalue weighted by atomic mass is 32.1. The standard InChI is InChI=1S/C32H18S4/c1-3-7-21-15-29-23(13-19(21)5-1)17-31(35-29)27-11-9-25(33-27)26-10-12-28(34-26)32-18-24-14-20-6-2-4-8-22(20)16-30(24)36-32/h1-18H. The fraction of sp³-hybridized carbons (Fsp3) is 0. The van der Waals surface area contributed by atoms with Crippen molar-refractivity contribution in [2.75, 3.05) is 0 Å². The van der Waals surface area contributed by atoms with Gasteiger partial charge in [0.15, 0.2) is 0 Å². The maximum atomic E-state index is 2.35. The summed E-state index contributed by atoms with van der Waals surface area (Å²) in [7, 11) is 0. The lowest BCUT2D eigenvalue weighted by molar-refractivity contribution is 1.81. The lowest BCUT2D eigenvalue weighted by Gasteiger charge is -1.96. The van der Waals surface area contributed by atoms with E-state index in [-0.39, 0.29) is 0 Å². The van der Waals surface area contributed by atoms with Crippen molar-refractivity contribution in [3.8, 4) is 29.3 Å². The van der Waals surface area contributed by atoms with Crippen LogP contribution in [0.25, 0.3) is 71.0 Å². The molecule has 0 saturated heterocycles. The van der Waals surface area contributed by atoms with Crippen molar-refractivity contribution in [2.45, 2.75) is 0 Å². The van der Waals surface area contributed by atoms with Crippen LogP contribution in [0.5, 0.6) is 0 Å². The molecule has 36 heavy (non-hydrogen) atoms. The topological polar surface area (TPSA) is 0 Å². The van der Waals surface area contributed by atoms with E-state index >= 15 is 0 Å². The second-order valence-electron chi connectivity index (χ2n) is 9.02. The molecule has 0 N–H and O–H groups in total. The summed E-state index contributed by atoms with van der Waals surface area (Å²) in [6.45, 7) is 0. The molecule has 4 aromatic heterocycles. The molecule has 0 unspecified atom stereocenters. The normalized spacial score (nSPS) is 11.9. The van der Waals surface area contributed by atoms with Crippen LogP contribution in [-0.4, -0.2) is 0 Å². The maximum absolute atomic E-state index is 2.35. The quantitative estimate of drug-likeness (QED) is 0.213. The molecule has 0 radical (unpaired) electrons. The molecule has 4 aromatic carbocycles. The van der Waals surface area contributed by atoms with Gasteiger partial charge in [-0.1, -0.05) is 48.5 Å². The Morgan fingerprint density at radius 3 is 1.06 bits per heavy atom. The van der Waals surface area contributed by atoms with Crippen LogP contribution in [0.2, 0.25) is 0 Å². The van der Waals surface area contributed by atoms with Gasteiger partial charge < -0.3 is 0 Å². The number of rotatable bonds is 3. The molecule has 0 atom stereocenters. The lowest BCUT2D eigenvalue weighted by Crippen LogP contribution is -1.70. The predicted molar refractivity (Wildman–Crippen MR) is 164 cm³/mol. The largest absolute Gasteiger partial charge is 0.134 e. The molecule has 0 aliphatic carbocycles. The summed E-state index contributed by atoms with van der Waals surface area (Å²) >= 11 is 7.58. The van der Waals surface area contributed by atoms with Gasteiger partial charge in [-0.05, 0) is 93.0 Å². The smallest absolute Gasteiger partial charge is 0.0455 e. The van der Waals surface area contributed by atoms with E-state index in [1.165, 1.54) is 71.0 Å². The second-order valence-corrected chi connectivity index (χ2v) is 13.4. The first kappa shape index (κ1) is 20.9. The Hall–Kier alpha value is -3.28. The third kappa shape index (κ3) is 3.45. The second kappa shape index (κ2) is 8.12. The number of hydrogen-bond donors (Lipinski definition) is 0. The Morgan fingerprint density at radius 2 is 0.639 bits per heavy atom. The Morgan fingerprint density at radius 1 is 0.278 bits per heavy atom. The Labute approximate surface area is 224 Å². The van der Waals surface area contributed by atoms with Crippen molar-refractivity contribution < 1.29 is 0 Å². The summed E-state index contributed by atoms with van der Waals surface area (Å²) in [5.41, 5.74) is 0. The van der Waals surface area contributed by atoms with Gasteiger partial charge in [0.05, 0.1) is 0 Å². The van der Waals surface area contributed by atoms with Crippen LogP contribution >= 0.6 is 45.3 Å². The highest BCUT2D eigenvalue weighted by molar-refractivity contribution is 7.30. The molecule has 8 rings (SSSR count). The van der Waals surface area contributed by atoms with Gasteiger partial charge in [0.2, 0.25) is 0 Å². The van der Waals surface area contributed by atoms with E-state index in [9.17, 15) is 0 Å². The first-order valence-corrected chi connectivity index (χ1v) is 15.1. The molecule has 0 bridgehead atoms. The number of fused-ring (bicyclic) bond motifs is 4. The minimum atomic E-state index is 1.31. The fourth-order valence-corrected chi connectivity index (χ4v) is 9.35. The summed E-state index contributed by atoms with van der Waals surface area (Å²) in [6.07, 6.45) is 0. The first-order valence-electron chi connectivity index (χ1n) is 11.8. The minimum Gasteiger partial charge on any atom is -0.134 e. The summed E-state index contributed by atoms with van der Waals surface area (Å²) in [6, 6.07) is 40.4. The average Bonchev–Trinajstić information content (AvgIpc) is 3.69. The molecule has 0 spiro atoms. The first-order chi connectivity index (χ1) is 17.8. The molecule has 4 heterocycles. The van der Waals surface area contributed by atoms with E-state index in [4.69, 9.17) is 0 Å². The van der Waals surface area contributed by atoms with E-state index in [0.717, 1.165) is 0 Å². The van der Waals surface area contributed by atoms with Crippen LogP contribution in [0.3, 0.4) is 0 Å². The molecular weight excluding hydrogens is 513 g/mol. The van der Waals surface area contributed by atoms with Gasteiger partial charge in [-0.2, -0.15) is 0 Å². The fourth-order valence-electron chi connectivity index (χ4n) is 4.90.